The molecule has 0 bridgehead atoms. The standard InChI is InChI=1S/Co.Cs.Mo.H2Se.Sr.3H/h;;;1H2;;;;/q;;+1;;;;;/p-1. The van der Waals surface area contributed by atoms with Crippen molar-refractivity contribution in [1.82, 2.24) is 0 Å². The van der Waals surface area contributed by atoms with Gasteiger partial charge in [-0.3, -0.25) is 0 Å². The average Bonchev–Trinajstić information content (AvgIpc) is 1.00. The summed E-state index contributed by atoms with van der Waals surface area (Å²) in [7, 11) is 0. The maximum atomic E-state index is 2.32. The SMILES string of the molecule is [Co].[CsH].[SeH][Mo].[SrH2]. The number of rotatable bonds is 0. The van der Waals surface area contributed by atoms with Crippen LogP contribution in [0.2, 0.25) is 0 Å². The molecular weight excluding hydrogens is 454 g/mol. The van der Waals surface area contributed by atoms with E-state index in [4.69, 9.17) is 0 Å². The van der Waals surface area contributed by atoms with Gasteiger partial charge in [-0.2, -0.15) is 0 Å². The van der Waals surface area contributed by atoms with E-state index in [1.807, 2.05) is 17.7 Å². The van der Waals surface area contributed by atoms with Gasteiger partial charge in [-0.05, 0) is 0 Å². The first kappa shape index (κ1) is 22.5. The van der Waals surface area contributed by atoms with Crippen LogP contribution in [-0.2, 0) is 34.5 Å². The third-order valence-corrected chi connectivity index (χ3v) is 0. The Labute approximate surface area is 156 Å². The zero-order valence-corrected chi connectivity index (χ0v) is 6.11. The Kier molecular flexibility index (Phi) is 103. The van der Waals surface area contributed by atoms with Gasteiger partial charge in [0.15, 0.2) is 0 Å². The summed E-state index contributed by atoms with van der Waals surface area (Å²) < 4.78 is 0. The predicted molar refractivity (Wildman–Crippen MR) is 22.8 cm³/mol. The van der Waals surface area contributed by atoms with Crippen molar-refractivity contribution in [2.75, 3.05) is 0 Å². The summed E-state index contributed by atoms with van der Waals surface area (Å²) in [4.78, 5) is 0. The molecule has 0 aliphatic heterocycles. The fraction of sp³-hybridized carbons (Fsp3) is 0. The Morgan fingerprint density at radius 2 is 1.20 bits per heavy atom. The molecule has 0 nitrogen and oxygen atoms in total. The minimum absolute atomic E-state index is 0. The summed E-state index contributed by atoms with van der Waals surface area (Å²) >= 11 is 4.21. The normalized spacial score (nSPS) is 1.00. The van der Waals surface area contributed by atoms with Crippen LogP contribution in [0.5, 0.6) is 0 Å². The van der Waals surface area contributed by atoms with Gasteiger partial charge in [0.05, 0.1) is 0 Å². The van der Waals surface area contributed by atoms with Crippen molar-refractivity contribution in [2.45, 2.75) is 0 Å². The van der Waals surface area contributed by atoms with Crippen LogP contribution in [-0.4, -0.2) is 128 Å². The first-order valence-electron chi connectivity index (χ1n) is 0.183. The number of hydrogen-bond acceptors (Lipinski definition) is 0. The molecule has 0 rings (SSSR count). The van der Waals surface area contributed by atoms with Crippen LogP contribution in [0, 0.1) is 0 Å². The van der Waals surface area contributed by atoms with E-state index in [1.54, 1.807) is 0 Å². The van der Waals surface area contributed by atoms with E-state index in [0.29, 0.717) is 0 Å². The van der Waals surface area contributed by atoms with Crippen LogP contribution in [0.25, 0.3) is 0 Å². The summed E-state index contributed by atoms with van der Waals surface area (Å²) in [5, 5.41) is 0. The van der Waals surface area contributed by atoms with Crippen molar-refractivity contribution in [3.05, 3.63) is 0 Å². The van der Waals surface area contributed by atoms with Gasteiger partial charge in [-0.25, -0.2) is 0 Å². The van der Waals surface area contributed by atoms with Crippen molar-refractivity contribution in [3.8, 4) is 0 Å². The topological polar surface area (TPSA) is 0 Å². The Balaban J connectivity index is -0.00000000167. The molecule has 0 aromatic heterocycles. The van der Waals surface area contributed by atoms with Gasteiger partial charge in [0.2, 0.25) is 0 Å². The Morgan fingerprint density at radius 3 is 1.20 bits per heavy atom. The zero-order valence-electron chi connectivity index (χ0n) is 1.19. The monoisotopic (exact) mass is 462 g/mol. The van der Waals surface area contributed by atoms with Gasteiger partial charge in [-0.1, -0.05) is 0 Å². The van der Waals surface area contributed by atoms with Crippen molar-refractivity contribution >= 4 is 128 Å². The Hall–Kier alpha value is 5.25. The fourth-order valence-electron chi connectivity index (χ4n) is 0. The molecule has 5 heteroatoms. The van der Waals surface area contributed by atoms with E-state index in [1.165, 1.54) is 0 Å². The van der Waals surface area contributed by atoms with E-state index < -0.39 is 0 Å². The van der Waals surface area contributed by atoms with E-state index in [-0.39, 0.29) is 131 Å². The minimum atomic E-state index is 0. The second kappa shape index (κ2) is 22.8. The molecular formula is H4CoCsMoSeSr. The van der Waals surface area contributed by atoms with Gasteiger partial charge in [0.25, 0.3) is 0 Å². The molecule has 0 unspecified atom stereocenters. The molecule has 0 saturated heterocycles. The second-order valence-electron chi connectivity index (χ2n) is 0. The van der Waals surface area contributed by atoms with E-state index in [9.17, 15) is 0 Å². The Morgan fingerprint density at radius 1 is 1.20 bits per heavy atom. The van der Waals surface area contributed by atoms with Crippen LogP contribution >= 0.6 is 0 Å². The molecule has 1 radical (unpaired) electrons. The van der Waals surface area contributed by atoms with Gasteiger partial charge in [0, 0.05) is 16.8 Å². The van der Waals surface area contributed by atoms with E-state index in [0.717, 1.165) is 0 Å². The van der Waals surface area contributed by atoms with Crippen LogP contribution in [0.1, 0.15) is 0 Å². The third kappa shape index (κ3) is 17.6. The predicted octanol–water partition coefficient (Wildman–Crippen LogP) is -2.22. The summed E-state index contributed by atoms with van der Waals surface area (Å²) in [6, 6.07) is 0. The molecule has 0 aromatic rings. The van der Waals surface area contributed by atoms with Crippen LogP contribution in [0.15, 0.2) is 0 Å². The summed E-state index contributed by atoms with van der Waals surface area (Å²) in [5.41, 5.74) is 0. The van der Waals surface area contributed by atoms with E-state index in [2.05, 4.69) is 13.4 Å². The van der Waals surface area contributed by atoms with Crippen LogP contribution < -0.4 is 0 Å². The van der Waals surface area contributed by atoms with Crippen molar-refractivity contribution in [1.29, 1.82) is 0 Å². The van der Waals surface area contributed by atoms with Gasteiger partial charge in [-0.15, -0.1) is 0 Å². The van der Waals surface area contributed by atoms with E-state index >= 15 is 0 Å². The summed E-state index contributed by atoms with van der Waals surface area (Å²) in [5.74, 6) is 0. The molecule has 0 heterocycles. The van der Waals surface area contributed by atoms with Crippen molar-refractivity contribution in [3.63, 3.8) is 0 Å². The fourth-order valence-corrected chi connectivity index (χ4v) is 0. The molecule has 0 saturated carbocycles. The first-order valence-corrected chi connectivity index (χ1v) is 5.61. The van der Waals surface area contributed by atoms with Crippen molar-refractivity contribution < 1.29 is 34.5 Å². The van der Waals surface area contributed by atoms with Gasteiger partial charge < -0.3 is 0 Å². The third-order valence-electron chi connectivity index (χ3n) is 0. The maximum absolute atomic E-state index is 2.32. The molecule has 0 atom stereocenters. The molecule has 0 spiro atoms. The molecule has 0 fully saturated rings. The average molecular weight is 458 g/mol. The van der Waals surface area contributed by atoms with Crippen LogP contribution in [0.3, 0.4) is 0 Å². The van der Waals surface area contributed by atoms with Crippen LogP contribution in [0.4, 0.5) is 0 Å². The molecule has 5 heavy (non-hydrogen) atoms. The summed E-state index contributed by atoms with van der Waals surface area (Å²) in [6.45, 7) is 0. The summed E-state index contributed by atoms with van der Waals surface area (Å²) in [6.07, 6.45) is 0. The molecule has 0 aromatic carbocycles. The number of hydrogen-bond donors (Lipinski definition) is 0. The van der Waals surface area contributed by atoms with Gasteiger partial charge in [0.1, 0.15) is 0 Å². The zero-order chi connectivity index (χ0) is 2.00. The molecule has 0 aliphatic carbocycles. The molecule has 0 N–H and O–H groups in total. The molecule has 0 aliphatic rings. The van der Waals surface area contributed by atoms with Crippen molar-refractivity contribution in [2.24, 2.45) is 0 Å². The molecule has 28 valence electrons. The quantitative estimate of drug-likeness (QED) is 0.361. The first-order chi connectivity index (χ1) is 1.00. The molecule has 0 amide bonds. The Bertz CT molecular complexity index is 11.6. The van der Waals surface area contributed by atoms with Gasteiger partial charge >= 0.3 is 145 Å². The second-order valence-corrected chi connectivity index (χ2v) is 0.